The van der Waals surface area contributed by atoms with E-state index in [0.29, 0.717) is 5.69 Å². The molecule has 35 heavy (non-hydrogen) atoms. The number of alkyl carbamates (subject to hydrolysis) is 1. The van der Waals surface area contributed by atoms with Gasteiger partial charge >= 0.3 is 12.1 Å². The van der Waals surface area contributed by atoms with Gasteiger partial charge in [0.05, 0.1) is 24.4 Å². The highest BCUT2D eigenvalue weighted by Crippen LogP contribution is 2.44. The number of benzene rings is 2. The van der Waals surface area contributed by atoms with Crippen LogP contribution in [-0.2, 0) is 25.6 Å². The third-order valence-electron chi connectivity index (χ3n) is 5.78. The number of amides is 2. The number of methoxy groups -OCH3 is 1. The van der Waals surface area contributed by atoms with Gasteiger partial charge < -0.3 is 25.2 Å². The van der Waals surface area contributed by atoms with Crippen LogP contribution in [0.4, 0.5) is 10.5 Å². The van der Waals surface area contributed by atoms with E-state index in [1.807, 2.05) is 36.4 Å². The maximum atomic E-state index is 12.4. The van der Waals surface area contributed by atoms with E-state index < -0.39 is 18.2 Å². The summed E-state index contributed by atoms with van der Waals surface area (Å²) < 4.78 is 12.0. The molecule has 3 N–H and O–H groups in total. The number of anilines is 1. The Morgan fingerprint density at radius 2 is 1.74 bits per heavy atom. The van der Waals surface area contributed by atoms with Crippen molar-refractivity contribution in [2.45, 2.75) is 25.0 Å². The maximum absolute atomic E-state index is 12.4. The zero-order valence-electron chi connectivity index (χ0n) is 19.1. The number of aromatic nitrogens is 2. The average Bonchev–Trinajstić information content (AvgIpc) is 3.41. The quantitative estimate of drug-likeness (QED) is 0.408. The summed E-state index contributed by atoms with van der Waals surface area (Å²) in [6, 6.07) is 16.2. The van der Waals surface area contributed by atoms with Gasteiger partial charge in [0.1, 0.15) is 13.2 Å². The lowest BCUT2D eigenvalue weighted by Gasteiger charge is -2.17. The first-order chi connectivity index (χ1) is 16.9. The molecule has 10 nitrogen and oxygen atoms in total. The molecule has 2 amide bonds. The number of nitrogens with one attached hydrogen (secondary N) is 2. The number of carboxylic acids is 1. The zero-order chi connectivity index (χ0) is 24.8. The average molecular weight is 479 g/mol. The van der Waals surface area contributed by atoms with Gasteiger partial charge in [0, 0.05) is 25.8 Å². The highest BCUT2D eigenvalue weighted by molar-refractivity contribution is 5.90. The van der Waals surface area contributed by atoms with Crippen LogP contribution in [-0.4, -0.2) is 59.2 Å². The van der Waals surface area contributed by atoms with Crippen molar-refractivity contribution in [3.05, 3.63) is 72.1 Å². The van der Waals surface area contributed by atoms with Crippen molar-refractivity contribution in [3.63, 3.8) is 0 Å². The van der Waals surface area contributed by atoms with Gasteiger partial charge in [-0.25, -0.2) is 4.79 Å². The normalized spacial score (nSPS) is 12.9. The van der Waals surface area contributed by atoms with Crippen LogP contribution in [0.3, 0.4) is 0 Å². The fraction of sp³-hybridized carbons (Fsp3) is 0.280. The summed E-state index contributed by atoms with van der Waals surface area (Å²) in [7, 11) is 1.45. The molecule has 0 spiro atoms. The van der Waals surface area contributed by atoms with Crippen LogP contribution in [0.2, 0.25) is 0 Å². The summed E-state index contributed by atoms with van der Waals surface area (Å²) in [6.45, 7) is -0.0299. The first kappa shape index (κ1) is 24.0. The molecular weight excluding hydrogens is 452 g/mol. The van der Waals surface area contributed by atoms with E-state index in [1.54, 1.807) is 0 Å². The molecule has 4 rings (SSSR count). The molecule has 0 bridgehead atoms. The molecule has 1 heterocycles. The molecule has 0 saturated heterocycles. The minimum Gasteiger partial charge on any atom is -0.480 e. The molecule has 2 aromatic carbocycles. The van der Waals surface area contributed by atoms with Crippen LogP contribution in [0.15, 0.2) is 60.9 Å². The molecule has 1 unspecified atom stereocenters. The van der Waals surface area contributed by atoms with E-state index in [-0.39, 0.29) is 37.9 Å². The lowest BCUT2D eigenvalue weighted by molar-refractivity contribution is -0.137. The fourth-order valence-electron chi connectivity index (χ4n) is 4.16. The van der Waals surface area contributed by atoms with Gasteiger partial charge in [-0.3, -0.25) is 14.3 Å². The van der Waals surface area contributed by atoms with Crippen molar-refractivity contribution in [1.29, 1.82) is 0 Å². The second-order valence-electron chi connectivity index (χ2n) is 8.14. The number of nitrogens with zero attached hydrogens (tertiary/aromatic N) is 2. The third kappa shape index (κ3) is 5.85. The van der Waals surface area contributed by atoms with Crippen LogP contribution < -0.4 is 10.6 Å². The van der Waals surface area contributed by atoms with Gasteiger partial charge in [0.2, 0.25) is 5.91 Å². The summed E-state index contributed by atoms with van der Waals surface area (Å²) in [4.78, 5) is 35.4. The van der Waals surface area contributed by atoms with Gasteiger partial charge in [-0.15, -0.1) is 0 Å². The van der Waals surface area contributed by atoms with Crippen LogP contribution in [0.5, 0.6) is 0 Å². The lowest BCUT2D eigenvalue weighted by Crippen LogP contribution is -2.36. The zero-order valence-corrected chi connectivity index (χ0v) is 19.1. The Morgan fingerprint density at radius 1 is 1.09 bits per heavy atom. The molecule has 0 saturated carbocycles. The predicted molar refractivity (Wildman–Crippen MR) is 127 cm³/mol. The molecule has 1 aromatic heterocycles. The second-order valence-corrected chi connectivity index (χ2v) is 8.14. The first-order valence-electron chi connectivity index (χ1n) is 11.1. The Labute approximate surface area is 201 Å². The summed E-state index contributed by atoms with van der Waals surface area (Å²) in [5.74, 6) is -1.44. The number of hydrogen-bond donors (Lipinski definition) is 3. The van der Waals surface area contributed by atoms with E-state index in [0.717, 1.165) is 22.3 Å². The van der Waals surface area contributed by atoms with Gasteiger partial charge in [0.25, 0.3) is 0 Å². The molecule has 3 aromatic rings. The SMILES string of the molecule is COC(CNC(=O)OCC1c2ccccc2-c2ccccc21)CC(=O)Nc1cnn(CC(=O)O)c1. The highest BCUT2D eigenvalue weighted by Gasteiger charge is 2.29. The second kappa shape index (κ2) is 10.8. The lowest BCUT2D eigenvalue weighted by atomic mass is 9.98. The third-order valence-corrected chi connectivity index (χ3v) is 5.78. The van der Waals surface area contributed by atoms with Gasteiger partial charge in [0.15, 0.2) is 0 Å². The van der Waals surface area contributed by atoms with Crippen molar-refractivity contribution in [3.8, 4) is 11.1 Å². The summed E-state index contributed by atoms with van der Waals surface area (Å²) in [6.07, 6.45) is 1.58. The van der Waals surface area contributed by atoms with Crippen molar-refractivity contribution < 1.29 is 29.0 Å². The van der Waals surface area contributed by atoms with Crippen LogP contribution in [0.1, 0.15) is 23.5 Å². The smallest absolute Gasteiger partial charge is 0.407 e. The van der Waals surface area contributed by atoms with E-state index in [2.05, 4.69) is 27.9 Å². The number of carboxylic acid groups (broad SMARTS) is 1. The summed E-state index contributed by atoms with van der Waals surface area (Å²) in [5, 5.41) is 17.9. The van der Waals surface area contributed by atoms with Crippen LogP contribution in [0.25, 0.3) is 11.1 Å². The van der Waals surface area contributed by atoms with Crippen molar-refractivity contribution in [2.75, 3.05) is 25.6 Å². The van der Waals surface area contributed by atoms with Crippen molar-refractivity contribution >= 4 is 23.7 Å². The van der Waals surface area contributed by atoms with Gasteiger partial charge in [-0.2, -0.15) is 5.10 Å². The largest absolute Gasteiger partial charge is 0.480 e. The summed E-state index contributed by atoms with van der Waals surface area (Å²) in [5.41, 5.74) is 4.92. The Kier molecular flexibility index (Phi) is 7.41. The van der Waals surface area contributed by atoms with Crippen molar-refractivity contribution in [2.24, 2.45) is 0 Å². The molecule has 182 valence electrons. The Morgan fingerprint density at radius 3 is 2.37 bits per heavy atom. The van der Waals surface area contributed by atoms with E-state index in [9.17, 15) is 14.4 Å². The standard InChI is InChI=1S/C25H26N4O6/c1-34-17(10-23(30)28-16-11-27-29(13-16)14-24(31)32)12-26-25(33)35-15-22-20-8-4-2-6-18(20)19-7-3-5-9-21(19)22/h2-9,11,13,17,22H,10,12,14-15H2,1H3,(H,26,33)(H,28,30)(H,31,32). The fourth-order valence-corrected chi connectivity index (χ4v) is 4.16. The number of carbonyl (C=O) groups excluding carboxylic acids is 2. The van der Waals surface area contributed by atoms with Gasteiger partial charge in [-0.1, -0.05) is 48.5 Å². The minimum absolute atomic E-state index is 0.0235. The monoisotopic (exact) mass is 478 g/mol. The van der Waals surface area contributed by atoms with Crippen LogP contribution >= 0.6 is 0 Å². The molecule has 0 radical (unpaired) electrons. The number of aliphatic carboxylic acids is 1. The van der Waals surface area contributed by atoms with E-state index in [1.165, 1.54) is 24.2 Å². The van der Waals surface area contributed by atoms with Gasteiger partial charge in [-0.05, 0) is 22.3 Å². The Balaban J connectivity index is 1.25. The molecule has 0 aliphatic heterocycles. The number of carbonyl (C=O) groups is 3. The molecule has 0 fully saturated rings. The first-order valence-corrected chi connectivity index (χ1v) is 11.1. The number of hydrogen-bond acceptors (Lipinski definition) is 6. The van der Waals surface area contributed by atoms with E-state index in [4.69, 9.17) is 14.6 Å². The minimum atomic E-state index is -1.04. The highest BCUT2D eigenvalue weighted by atomic mass is 16.5. The maximum Gasteiger partial charge on any atom is 0.407 e. The Hall–Kier alpha value is -4.18. The molecule has 10 heteroatoms. The number of ether oxygens (including phenoxy) is 2. The predicted octanol–water partition coefficient (Wildman–Crippen LogP) is 2.85. The molecule has 1 atom stereocenters. The molecular formula is C25H26N4O6. The Bertz CT molecular complexity index is 1180. The number of fused-ring (bicyclic) bond motifs is 3. The van der Waals surface area contributed by atoms with E-state index >= 15 is 0 Å². The molecule has 1 aliphatic rings. The number of rotatable bonds is 10. The van der Waals surface area contributed by atoms with Crippen molar-refractivity contribution in [1.82, 2.24) is 15.1 Å². The summed E-state index contributed by atoms with van der Waals surface area (Å²) >= 11 is 0. The topological polar surface area (TPSA) is 132 Å². The van der Waals surface area contributed by atoms with Crippen LogP contribution in [0, 0.1) is 0 Å². The molecule has 1 aliphatic carbocycles.